The van der Waals surface area contributed by atoms with Gasteiger partial charge < -0.3 is 11.5 Å². The zero-order valence-electron chi connectivity index (χ0n) is 25.2. The van der Waals surface area contributed by atoms with Crippen LogP contribution >= 0.6 is 31.9 Å². The molecule has 0 unspecified atom stereocenters. The third-order valence-electron chi connectivity index (χ3n) is 7.06. The van der Waals surface area contributed by atoms with Crippen molar-refractivity contribution in [2.45, 2.75) is 52.9 Å². The molecule has 218 valence electrons. The molecule has 0 amide bonds. The minimum Gasteiger partial charge on any atom is -0.398 e. The minimum absolute atomic E-state index is 0.463. The van der Waals surface area contributed by atoms with Crippen LogP contribution in [0.5, 0.6) is 0 Å². The molecule has 5 rings (SSSR count). The number of benzene rings is 5. The first-order chi connectivity index (χ1) is 20.1. The maximum absolute atomic E-state index is 6.52. The second-order valence-electron chi connectivity index (χ2n) is 10.8. The Hall–Kier alpha value is -3.34. The summed E-state index contributed by atoms with van der Waals surface area (Å²) in [7, 11) is 0. The first kappa shape index (κ1) is 33.2. The fourth-order valence-corrected chi connectivity index (χ4v) is 5.59. The van der Waals surface area contributed by atoms with Crippen molar-refractivity contribution in [2.75, 3.05) is 11.5 Å². The molecule has 5 aromatic rings. The number of nitrogen functional groups attached to an aromatic ring is 2. The molecule has 0 saturated carbocycles. The van der Waals surface area contributed by atoms with Crippen molar-refractivity contribution in [3.8, 4) is 22.3 Å². The quantitative estimate of drug-likeness (QED) is 0.181. The highest BCUT2D eigenvalue weighted by Crippen LogP contribution is 2.38. The number of anilines is 2. The maximum atomic E-state index is 6.52. The second-order valence-corrected chi connectivity index (χ2v) is 12.5. The summed E-state index contributed by atoms with van der Waals surface area (Å²) in [6, 6.07) is 39.8. The Morgan fingerprint density at radius 2 is 0.881 bits per heavy atom. The van der Waals surface area contributed by atoms with E-state index in [0.717, 1.165) is 37.9 Å². The average Bonchev–Trinajstić information content (AvgIpc) is 3.01. The van der Waals surface area contributed by atoms with Crippen LogP contribution in [0, 0.1) is 0 Å². The Morgan fingerprint density at radius 3 is 1.21 bits per heavy atom. The van der Waals surface area contributed by atoms with Gasteiger partial charge in [-0.25, -0.2) is 0 Å². The van der Waals surface area contributed by atoms with Gasteiger partial charge in [-0.15, -0.1) is 0 Å². The average molecular weight is 687 g/mol. The molecule has 4 heteroatoms. The van der Waals surface area contributed by atoms with Gasteiger partial charge in [0.05, 0.1) is 5.69 Å². The standard InChI is InChI=1S/C21H21N.C9H11Br2N.C8H10/c1-15(2)18-13-19(16-9-5-3-6-10-16)21(22)20(14-18)17-11-7-4-8-12-17;1-5(2)6-3-7(10)9(12)8(11)4-6;1-2-8-6-4-3-5-7-8/h3-15H,22H2,1-2H3;3-5H,12H2,1-2H3;3-7H,2H2,1H3. The molecule has 0 saturated heterocycles. The van der Waals surface area contributed by atoms with Crippen LogP contribution in [0.1, 0.15) is 63.1 Å². The van der Waals surface area contributed by atoms with Gasteiger partial charge in [0.15, 0.2) is 0 Å². The molecule has 0 heterocycles. The van der Waals surface area contributed by atoms with Gasteiger partial charge in [0, 0.05) is 25.8 Å². The van der Waals surface area contributed by atoms with E-state index in [0.29, 0.717) is 11.8 Å². The van der Waals surface area contributed by atoms with Gasteiger partial charge in [-0.3, -0.25) is 0 Å². The van der Waals surface area contributed by atoms with E-state index in [2.05, 4.69) is 164 Å². The number of rotatable bonds is 5. The van der Waals surface area contributed by atoms with E-state index in [1.807, 2.05) is 18.2 Å². The van der Waals surface area contributed by atoms with Crippen LogP contribution in [0.15, 0.2) is 124 Å². The molecule has 5 aromatic carbocycles. The van der Waals surface area contributed by atoms with Crippen LogP contribution in [0.25, 0.3) is 22.3 Å². The molecule has 0 atom stereocenters. The van der Waals surface area contributed by atoms with E-state index in [1.165, 1.54) is 27.8 Å². The third kappa shape index (κ3) is 9.34. The molecule has 0 bridgehead atoms. The molecule has 2 nitrogen and oxygen atoms in total. The highest BCUT2D eigenvalue weighted by Gasteiger charge is 2.13. The minimum atomic E-state index is 0.463. The normalized spacial score (nSPS) is 10.5. The van der Waals surface area contributed by atoms with E-state index >= 15 is 0 Å². The van der Waals surface area contributed by atoms with Crippen molar-refractivity contribution < 1.29 is 0 Å². The zero-order valence-corrected chi connectivity index (χ0v) is 28.4. The van der Waals surface area contributed by atoms with Gasteiger partial charge in [0.25, 0.3) is 0 Å². The van der Waals surface area contributed by atoms with Crippen molar-refractivity contribution in [3.05, 3.63) is 141 Å². The molecular weight excluding hydrogens is 644 g/mol. The molecule has 0 aliphatic carbocycles. The van der Waals surface area contributed by atoms with Crippen LogP contribution in [0.2, 0.25) is 0 Å². The number of nitrogens with two attached hydrogens (primary N) is 2. The molecule has 0 aliphatic heterocycles. The fraction of sp³-hybridized carbons (Fsp3) is 0.211. The Balaban J connectivity index is 0.000000202. The smallest absolute Gasteiger partial charge is 0.0603 e. The number of aryl methyl sites for hydroxylation is 1. The van der Waals surface area contributed by atoms with Crippen molar-refractivity contribution >= 4 is 43.2 Å². The summed E-state index contributed by atoms with van der Waals surface area (Å²) in [4.78, 5) is 0. The van der Waals surface area contributed by atoms with Gasteiger partial charge in [-0.1, -0.05) is 126 Å². The Kier molecular flexibility index (Phi) is 12.9. The predicted octanol–water partition coefficient (Wildman–Crippen LogP) is 11.9. The second kappa shape index (κ2) is 16.3. The number of hydrogen-bond donors (Lipinski definition) is 2. The van der Waals surface area contributed by atoms with Crippen molar-refractivity contribution in [1.82, 2.24) is 0 Å². The molecular formula is C38H42Br2N2. The number of hydrogen-bond acceptors (Lipinski definition) is 2. The van der Waals surface area contributed by atoms with Crippen molar-refractivity contribution in [1.29, 1.82) is 0 Å². The summed E-state index contributed by atoms with van der Waals surface area (Å²) in [6.45, 7) is 10.9. The highest BCUT2D eigenvalue weighted by atomic mass is 79.9. The predicted molar refractivity (Wildman–Crippen MR) is 192 cm³/mol. The lowest BCUT2D eigenvalue weighted by Crippen LogP contribution is -1.98. The summed E-state index contributed by atoms with van der Waals surface area (Å²) in [5.74, 6) is 0.990. The van der Waals surface area contributed by atoms with Gasteiger partial charge in [-0.2, -0.15) is 0 Å². The Bertz CT molecular complexity index is 1450. The number of halogens is 2. The lowest BCUT2D eigenvalue weighted by Gasteiger charge is -2.16. The van der Waals surface area contributed by atoms with Crippen molar-refractivity contribution in [3.63, 3.8) is 0 Å². The van der Waals surface area contributed by atoms with Crippen LogP contribution in [0.3, 0.4) is 0 Å². The molecule has 0 radical (unpaired) electrons. The van der Waals surface area contributed by atoms with Gasteiger partial charge in [-0.05, 0) is 102 Å². The van der Waals surface area contributed by atoms with Crippen LogP contribution in [-0.2, 0) is 6.42 Å². The summed E-state index contributed by atoms with van der Waals surface area (Å²) in [5, 5.41) is 0. The molecule has 0 aromatic heterocycles. The van der Waals surface area contributed by atoms with Crippen LogP contribution in [0.4, 0.5) is 11.4 Å². The lowest BCUT2D eigenvalue weighted by molar-refractivity contribution is 0.865. The first-order valence-corrected chi connectivity index (χ1v) is 16.0. The van der Waals surface area contributed by atoms with Crippen molar-refractivity contribution in [2.24, 2.45) is 0 Å². The summed E-state index contributed by atoms with van der Waals surface area (Å²) in [6.07, 6.45) is 1.14. The highest BCUT2D eigenvalue weighted by molar-refractivity contribution is 9.11. The summed E-state index contributed by atoms with van der Waals surface area (Å²) in [5.41, 5.74) is 22.5. The van der Waals surface area contributed by atoms with Crippen LogP contribution < -0.4 is 11.5 Å². The van der Waals surface area contributed by atoms with E-state index in [-0.39, 0.29) is 0 Å². The van der Waals surface area contributed by atoms with E-state index < -0.39 is 0 Å². The first-order valence-electron chi connectivity index (χ1n) is 14.4. The monoisotopic (exact) mass is 684 g/mol. The SMILES string of the molecule is CC(C)c1cc(-c2ccccc2)c(N)c(-c2ccccc2)c1.CC(C)c1cc(Br)c(N)c(Br)c1.CCc1ccccc1. The molecule has 0 spiro atoms. The maximum Gasteiger partial charge on any atom is 0.0603 e. The topological polar surface area (TPSA) is 52.0 Å². The third-order valence-corrected chi connectivity index (χ3v) is 8.37. The van der Waals surface area contributed by atoms with Gasteiger partial charge in [0.1, 0.15) is 0 Å². The molecule has 4 N–H and O–H groups in total. The largest absolute Gasteiger partial charge is 0.398 e. The van der Waals surface area contributed by atoms with Gasteiger partial charge in [0.2, 0.25) is 0 Å². The Morgan fingerprint density at radius 1 is 0.524 bits per heavy atom. The van der Waals surface area contributed by atoms with E-state index in [9.17, 15) is 0 Å². The van der Waals surface area contributed by atoms with E-state index in [4.69, 9.17) is 11.5 Å². The van der Waals surface area contributed by atoms with E-state index in [1.54, 1.807) is 0 Å². The Labute approximate surface area is 269 Å². The lowest BCUT2D eigenvalue weighted by atomic mass is 9.90. The molecule has 42 heavy (non-hydrogen) atoms. The fourth-order valence-electron chi connectivity index (χ4n) is 4.37. The summed E-state index contributed by atoms with van der Waals surface area (Å²) < 4.78 is 1.92. The molecule has 0 aliphatic rings. The molecule has 0 fully saturated rings. The van der Waals surface area contributed by atoms with Crippen LogP contribution in [-0.4, -0.2) is 0 Å². The zero-order chi connectivity index (χ0) is 30.6. The summed E-state index contributed by atoms with van der Waals surface area (Å²) >= 11 is 6.82. The van der Waals surface area contributed by atoms with Gasteiger partial charge >= 0.3 is 0 Å².